The molecule has 0 saturated heterocycles. The molecule has 1 amide bonds. The highest BCUT2D eigenvalue weighted by Gasteiger charge is 2.12. The van der Waals surface area contributed by atoms with Gasteiger partial charge in [-0.15, -0.1) is 0 Å². The molecule has 2 aromatic heterocycles. The average Bonchev–Trinajstić information content (AvgIpc) is 3.19. The van der Waals surface area contributed by atoms with E-state index in [0.717, 1.165) is 5.56 Å². The van der Waals surface area contributed by atoms with Gasteiger partial charge >= 0.3 is 0 Å². The summed E-state index contributed by atoms with van der Waals surface area (Å²) >= 11 is 0. The van der Waals surface area contributed by atoms with Gasteiger partial charge in [0, 0.05) is 30.9 Å². The van der Waals surface area contributed by atoms with Gasteiger partial charge in [0.25, 0.3) is 5.56 Å². The fourth-order valence-electron chi connectivity index (χ4n) is 3.33. The summed E-state index contributed by atoms with van der Waals surface area (Å²) in [5.41, 5.74) is 2.14. The maximum Gasteiger partial charge on any atom is 0.276 e. The molecule has 158 valence electrons. The minimum absolute atomic E-state index is 0.112. The zero-order chi connectivity index (χ0) is 22.0. The molecule has 2 heterocycles. The van der Waals surface area contributed by atoms with E-state index in [1.807, 2.05) is 6.92 Å². The van der Waals surface area contributed by atoms with Crippen molar-refractivity contribution >= 4 is 11.4 Å². The number of aryl methyl sites for hydroxylation is 1. The van der Waals surface area contributed by atoms with Crippen molar-refractivity contribution in [3.63, 3.8) is 0 Å². The first-order valence-corrected chi connectivity index (χ1v) is 9.80. The standard InChI is InChI=1S/C23H20F2N4O2/c1-15(16-2-6-18(24)7-3-16)26-22(30)10-11-28-12-13-29-21(23(28)31)14-20(27-29)17-4-8-19(25)9-5-17/h2-9,12-15H,10-11H2,1H3,(H,26,30). The Morgan fingerprint density at radius 2 is 1.68 bits per heavy atom. The molecule has 0 bridgehead atoms. The summed E-state index contributed by atoms with van der Waals surface area (Å²) in [5.74, 6) is -0.898. The number of hydrogen-bond acceptors (Lipinski definition) is 3. The van der Waals surface area contributed by atoms with Crippen molar-refractivity contribution in [2.75, 3.05) is 0 Å². The number of carbonyl (C=O) groups excluding carboxylic acids is 1. The first-order chi connectivity index (χ1) is 14.9. The number of fused-ring (bicyclic) bond motifs is 1. The molecule has 0 aliphatic rings. The quantitative estimate of drug-likeness (QED) is 0.515. The highest BCUT2D eigenvalue weighted by Crippen LogP contribution is 2.19. The Balaban J connectivity index is 1.45. The van der Waals surface area contributed by atoms with Crippen LogP contribution in [0.15, 0.2) is 71.8 Å². The zero-order valence-electron chi connectivity index (χ0n) is 16.8. The van der Waals surface area contributed by atoms with Gasteiger partial charge in [0.05, 0.1) is 11.7 Å². The lowest BCUT2D eigenvalue weighted by molar-refractivity contribution is -0.121. The number of hydrogen-bond donors (Lipinski definition) is 1. The first-order valence-electron chi connectivity index (χ1n) is 9.80. The van der Waals surface area contributed by atoms with Crippen LogP contribution in [-0.2, 0) is 11.3 Å². The number of amides is 1. The average molecular weight is 422 g/mol. The van der Waals surface area contributed by atoms with E-state index in [-0.39, 0.29) is 42.1 Å². The highest BCUT2D eigenvalue weighted by atomic mass is 19.1. The van der Waals surface area contributed by atoms with Crippen LogP contribution in [0.5, 0.6) is 0 Å². The Labute approximate surface area is 176 Å². The van der Waals surface area contributed by atoms with Crippen LogP contribution >= 0.6 is 0 Å². The molecule has 4 rings (SSSR count). The minimum Gasteiger partial charge on any atom is -0.350 e. The second kappa shape index (κ2) is 8.51. The Bertz CT molecular complexity index is 1280. The maximum atomic E-state index is 13.1. The van der Waals surface area contributed by atoms with E-state index in [4.69, 9.17) is 0 Å². The normalized spacial score (nSPS) is 12.1. The summed E-state index contributed by atoms with van der Waals surface area (Å²) in [7, 11) is 0. The summed E-state index contributed by atoms with van der Waals surface area (Å²) in [6, 6.07) is 13.2. The highest BCUT2D eigenvalue weighted by molar-refractivity contribution is 5.76. The minimum atomic E-state index is -0.345. The van der Waals surface area contributed by atoms with Crippen molar-refractivity contribution in [2.24, 2.45) is 0 Å². The molecule has 0 fully saturated rings. The molecule has 2 aromatic carbocycles. The van der Waals surface area contributed by atoms with Crippen LogP contribution in [0, 0.1) is 11.6 Å². The van der Waals surface area contributed by atoms with Crippen LogP contribution in [0.3, 0.4) is 0 Å². The van der Waals surface area contributed by atoms with Gasteiger partial charge < -0.3 is 9.88 Å². The van der Waals surface area contributed by atoms with Gasteiger partial charge in [-0.25, -0.2) is 13.3 Å². The fraction of sp³-hybridized carbons (Fsp3) is 0.174. The largest absolute Gasteiger partial charge is 0.350 e. The molecule has 0 aliphatic carbocycles. The molecule has 0 spiro atoms. The third-order valence-electron chi connectivity index (χ3n) is 5.07. The molecule has 1 atom stereocenters. The lowest BCUT2D eigenvalue weighted by atomic mass is 10.1. The third kappa shape index (κ3) is 4.53. The number of benzene rings is 2. The Morgan fingerprint density at radius 1 is 1.03 bits per heavy atom. The van der Waals surface area contributed by atoms with Gasteiger partial charge in [-0.1, -0.05) is 12.1 Å². The van der Waals surface area contributed by atoms with Crippen LogP contribution in [-0.4, -0.2) is 20.1 Å². The summed E-state index contributed by atoms with van der Waals surface area (Å²) in [6.07, 6.45) is 3.33. The number of halogens is 2. The van der Waals surface area contributed by atoms with Crippen LogP contribution in [0.4, 0.5) is 8.78 Å². The molecule has 8 heteroatoms. The predicted octanol–water partition coefficient (Wildman–Crippen LogP) is 3.71. The number of aromatic nitrogens is 3. The summed E-state index contributed by atoms with van der Waals surface area (Å²) < 4.78 is 29.1. The van der Waals surface area contributed by atoms with E-state index >= 15 is 0 Å². The monoisotopic (exact) mass is 422 g/mol. The summed E-state index contributed by atoms with van der Waals surface area (Å²) in [6.45, 7) is 2.01. The second-order valence-corrected chi connectivity index (χ2v) is 7.25. The Kier molecular flexibility index (Phi) is 5.62. The van der Waals surface area contributed by atoms with Gasteiger partial charge in [0.2, 0.25) is 5.91 Å². The van der Waals surface area contributed by atoms with E-state index in [1.54, 1.807) is 42.7 Å². The van der Waals surface area contributed by atoms with Gasteiger partial charge in [0.15, 0.2) is 0 Å². The van der Waals surface area contributed by atoms with Crippen molar-refractivity contribution in [1.29, 1.82) is 0 Å². The van der Waals surface area contributed by atoms with Crippen molar-refractivity contribution in [1.82, 2.24) is 19.5 Å². The van der Waals surface area contributed by atoms with Crippen molar-refractivity contribution < 1.29 is 13.6 Å². The number of nitrogens with one attached hydrogen (secondary N) is 1. The number of rotatable bonds is 6. The SMILES string of the molecule is CC(NC(=O)CCn1ccn2nc(-c3ccc(F)cc3)cc2c1=O)c1ccc(F)cc1. The van der Waals surface area contributed by atoms with Crippen molar-refractivity contribution in [2.45, 2.75) is 25.9 Å². The van der Waals surface area contributed by atoms with Crippen molar-refractivity contribution in [3.05, 3.63) is 94.5 Å². The molecule has 6 nitrogen and oxygen atoms in total. The van der Waals surface area contributed by atoms with E-state index in [0.29, 0.717) is 16.8 Å². The lowest BCUT2D eigenvalue weighted by Crippen LogP contribution is -2.29. The first kappa shape index (κ1) is 20.5. The number of carbonyl (C=O) groups is 1. The van der Waals surface area contributed by atoms with Gasteiger partial charge in [0.1, 0.15) is 17.2 Å². The molecule has 0 aliphatic heterocycles. The summed E-state index contributed by atoms with van der Waals surface area (Å²) in [5, 5.41) is 7.21. The Hall–Kier alpha value is -3.81. The molecular formula is C23H20F2N4O2. The summed E-state index contributed by atoms with van der Waals surface area (Å²) in [4.78, 5) is 25.1. The molecule has 0 radical (unpaired) electrons. The van der Waals surface area contributed by atoms with Crippen LogP contribution < -0.4 is 10.9 Å². The van der Waals surface area contributed by atoms with E-state index in [9.17, 15) is 18.4 Å². The molecule has 4 aromatic rings. The molecule has 31 heavy (non-hydrogen) atoms. The smallest absolute Gasteiger partial charge is 0.276 e. The number of nitrogens with zero attached hydrogens (tertiary/aromatic N) is 3. The molecular weight excluding hydrogens is 402 g/mol. The third-order valence-corrected chi connectivity index (χ3v) is 5.07. The van der Waals surface area contributed by atoms with Crippen molar-refractivity contribution in [3.8, 4) is 11.3 Å². The van der Waals surface area contributed by atoms with Crippen LogP contribution in [0.2, 0.25) is 0 Å². The molecule has 0 saturated carbocycles. The molecule has 1 N–H and O–H groups in total. The topological polar surface area (TPSA) is 68.4 Å². The zero-order valence-corrected chi connectivity index (χ0v) is 16.8. The van der Waals surface area contributed by atoms with Gasteiger partial charge in [-0.05, 0) is 55.0 Å². The van der Waals surface area contributed by atoms with E-state index in [2.05, 4.69) is 10.4 Å². The predicted molar refractivity (Wildman–Crippen MR) is 112 cm³/mol. The van der Waals surface area contributed by atoms with Gasteiger partial charge in [-0.3, -0.25) is 9.59 Å². The molecule has 1 unspecified atom stereocenters. The van der Waals surface area contributed by atoms with Crippen LogP contribution in [0.1, 0.15) is 24.9 Å². The van der Waals surface area contributed by atoms with Crippen LogP contribution in [0.25, 0.3) is 16.8 Å². The lowest BCUT2D eigenvalue weighted by Gasteiger charge is -2.14. The van der Waals surface area contributed by atoms with E-state index < -0.39 is 0 Å². The van der Waals surface area contributed by atoms with Gasteiger partial charge in [-0.2, -0.15) is 5.10 Å². The second-order valence-electron chi connectivity index (χ2n) is 7.25. The Morgan fingerprint density at radius 3 is 2.35 bits per heavy atom. The maximum absolute atomic E-state index is 13.1. The fourth-order valence-corrected chi connectivity index (χ4v) is 3.33. The van der Waals surface area contributed by atoms with E-state index in [1.165, 1.54) is 33.3 Å².